The molecule has 0 aliphatic heterocycles. The van der Waals surface area contributed by atoms with Gasteiger partial charge >= 0.3 is 17.8 Å². The number of hydrogen-bond donors (Lipinski definition) is 0. The van der Waals surface area contributed by atoms with Gasteiger partial charge in [0.1, 0.15) is 0 Å². The minimum Gasteiger partial charge on any atom is -0.206 e. The topological polar surface area (TPSA) is 50.3 Å². The van der Waals surface area contributed by atoms with Crippen molar-refractivity contribution in [2.75, 3.05) is 18.8 Å². The van der Waals surface area contributed by atoms with Crippen molar-refractivity contribution in [2.24, 2.45) is 0 Å². The second-order valence-corrected chi connectivity index (χ2v) is 14.8. The maximum Gasteiger partial charge on any atom is 0.449 e. The standard InChI is InChI=1S/C45H39N6S3/c1-52-40-16-10-34(11-17-40)4-7-37-22-28-49(29-23-37)43-46-44(50-30-24-38(25-31-50)8-5-35-12-18-41(53-2)19-13-35)48-45(47-43)51-32-26-39(27-33-51)9-6-36-14-20-42(54-3)21-15-36/h4-33H,1-3H3/q+3/b7-4+,8-5+,9-6+. The Kier molecular flexibility index (Phi) is 12.2. The Hall–Kier alpha value is -5.61. The third-order valence-electron chi connectivity index (χ3n) is 8.61. The van der Waals surface area contributed by atoms with Crippen molar-refractivity contribution in [3.05, 3.63) is 180 Å². The molecule has 3 aromatic carbocycles. The average molecular weight is 760 g/mol. The Morgan fingerprint density at radius 3 is 0.722 bits per heavy atom. The summed E-state index contributed by atoms with van der Waals surface area (Å²) < 4.78 is 5.75. The quantitative estimate of drug-likeness (QED) is 0.0915. The molecule has 0 radical (unpaired) electrons. The summed E-state index contributed by atoms with van der Waals surface area (Å²) >= 11 is 5.23. The normalized spacial score (nSPS) is 11.6. The number of benzene rings is 3. The van der Waals surface area contributed by atoms with E-state index in [0.29, 0.717) is 17.8 Å². The molecular weight excluding hydrogens is 721 g/mol. The third-order valence-corrected chi connectivity index (χ3v) is 10.8. The fraction of sp³-hybridized carbons (Fsp3) is 0.0667. The molecule has 0 bridgehead atoms. The summed E-state index contributed by atoms with van der Waals surface area (Å²) in [5.41, 5.74) is 6.69. The van der Waals surface area contributed by atoms with E-state index in [1.54, 1.807) is 35.3 Å². The summed E-state index contributed by atoms with van der Waals surface area (Å²) in [6, 6.07) is 38.0. The number of hydrogen-bond acceptors (Lipinski definition) is 6. The van der Waals surface area contributed by atoms with Gasteiger partial charge in [0.2, 0.25) is 0 Å². The minimum absolute atomic E-state index is 0.508. The van der Waals surface area contributed by atoms with Gasteiger partial charge in [-0.3, -0.25) is 0 Å². The zero-order valence-corrected chi connectivity index (χ0v) is 32.7. The molecule has 0 saturated heterocycles. The van der Waals surface area contributed by atoms with E-state index in [4.69, 9.17) is 15.0 Å². The zero-order chi connectivity index (χ0) is 37.1. The van der Waals surface area contributed by atoms with Crippen LogP contribution in [0.5, 0.6) is 0 Å². The summed E-state index contributed by atoms with van der Waals surface area (Å²) in [5.74, 6) is 1.52. The molecule has 6 nitrogen and oxygen atoms in total. The molecule has 7 aromatic rings. The molecule has 0 fully saturated rings. The Labute approximate surface area is 329 Å². The van der Waals surface area contributed by atoms with E-state index in [0.717, 1.165) is 33.4 Å². The van der Waals surface area contributed by atoms with Crippen LogP contribution in [0, 0.1) is 0 Å². The number of aromatic nitrogens is 6. The molecule has 0 saturated carbocycles. The molecule has 0 N–H and O–H groups in total. The number of nitrogens with zero attached hydrogens (tertiary/aromatic N) is 6. The van der Waals surface area contributed by atoms with Crippen LogP contribution in [0.15, 0.2) is 161 Å². The molecule has 9 heteroatoms. The van der Waals surface area contributed by atoms with Gasteiger partial charge in [0.25, 0.3) is 0 Å². The van der Waals surface area contributed by atoms with Crippen LogP contribution in [0.25, 0.3) is 54.3 Å². The predicted molar refractivity (Wildman–Crippen MR) is 226 cm³/mol. The molecule has 0 aliphatic carbocycles. The van der Waals surface area contributed by atoms with Gasteiger partial charge in [0.15, 0.2) is 0 Å². The van der Waals surface area contributed by atoms with E-state index >= 15 is 0 Å². The molecule has 4 heterocycles. The van der Waals surface area contributed by atoms with E-state index < -0.39 is 0 Å². The second kappa shape index (κ2) is 17.9. The Bertz CT molecular complexity index is 2100. The van der Waals surface area contributed by atoms with Crippen molar-refractivity contribution in [1.82, 2.24) is 15.0 Å². The van der Waals surface area contributed by atoms with Gasteiger partial charge in [0, 0.05) is 29.6 Å². The number of pyridine rings is 3. The van der Waals surface area contributed by atoms with Crippen LogP contribution in [0.3, 0.4) is 0 Å². The predicted octanol–water partition coefficient (Wildman–Crippen LogP) is 9.38. The van der Waals surface area contributed by atoms with Crippen LogP contribution < -0.4 is 13.7 Å². The lowest BCUT2D eigenvalue weighted by atomic mass is 10.1. The Balaban J connectivity index is 1.16. The van der Waals surface area contributed by atoms with Crippen molar-refractivity contribution in [3.63, 3.8) is 0 Å². The highest BCUT2D eigenvalue weighted by atomic mass is 32.2. The highest BCUT2D eigenvalue weighted by Crippen LogP contribution is 2.19. The molecule has 0 aliphatic rings. The summed E-state index contributed by atoms with van der Waals surface area (Å²) in [6.07, 6.45) is 30.8. The highest BCUT2D eigenvalue weighted by Gasteiger charge is 2.26. The first-order valence-electron chi connectivity index (χ1n) is 17.3. The molecule has 264 valence electrons. The van der Waals surface area contributed by atoms with Gasteiger partial charge in [0.05, 0.1) is 37.2 Å². The molecule has 0 unspecified atom stereocenters. The molecular formula is C45H39N6S3+3. The lowest BCUT2D eigenvalue weighted by Crippen LogP contribution is -2.42. The van der Waals surface area contributed by atoms with Crippen LogP contribution in [-0.4, -0.2) is 33.7 Å². The van der Waals surface area contributed by atoms with Gasteiger partial charge in [-0.1, -0.05) is 72.9 Å². The summed E-state index contributed by atoms with van der Waals surface area (Å²) in [5, 5.41) is 0. The van der Waals surface area contributed by atoms with Crippen molar-refractivity contribution < 1.29 is 13.7 Å². The van der Waals surface area contributed by atoms with Gasteiger partial charge in [-0.05, 0) is 125 Å². The van der Waals surface area contributed by atoms with Gasteiger partial charge in [-0.2, -0.15) is 0 Å². The molecule has 7 rings (SSSR count). The zero-order valence-electron chi connectivity index (χ0n) is 30.2. The van der Waals surface area contributed by atoms with E-state index in [1.165, 1.54) is 14.7 Å². The summed E-state index contributed by atoms with van der Waals surface area (Å²) in [6.45, 7) is 0. The van der Waals surface area contributed by atoms with Crippen LogP contribution in [0.1, 0.15) is 33.4 Å². The number of rotatable bonds is 12. The van der Waals surface area contributed by atoms with E-state index in [2.05, 4.69) is 164 Å². The van der Waals surface area contributed by atoms with Gasteiger partial charge < -0.3 is 0 Å². The van der Waals surface area contributed by atoms with Crippen molar-refractivity contribution >= 4 is 71.7 Å². The van der Waals surface area contributed by atoms with Crippen molar-refractivity contribution in [1.29, 1.82) is 0 Å². The third kappa shape index (κ3) is 9.68. The van der Waals surface area contributed by atoms with E-state index in [-0.39, 0.29) is 0 Å². The lowest BCUT2D eigenvalue weighted by Gasteiger charge is -2.02. The molecule has 0 spiro atoms. The van der Waals surface area contributed by atoms with Crippen LogP contribution in [-0.2, 0) is 0 Å². The van der Waals surface area contributed by atoms with E-state index in [1.807, 2.05) is 50.9 Å². The van der Waals surface area contributed by atoms with E-state index in [9.17, 15) is 0 Å². The molecule has 0 atom stereocenters. The molecule has 0 amide bonds. The van der Waals surface area contributed by atoms with Crippen molar-refractivity contribution in [2.45, 2.75) is 14.7 Å². The van der Waals surface area contributed by atoms with Crippen molar-refractivity contribution in [3.8, 4) is 17.8 Å². The van der Waals surface area contributed by atoms with Crippen LogP contribution >= 0.6 is 35.3 Å². The Morgan fingerprint density at radius 1 is 0.315 bits per heavy atom. The second-order valence-electron chi connectivity index (χ2n) is 12.2. The SMILES string of the molecule is CSc1ccc(/C=C/c2cc[n+](-c3nc(-[n+]4ccc(/C=C/c5ccc(SC)cc5)cc4)nc(-[n+]4ccc(/C=C/c5ccc(SC)cc5)cc4)n3)cc2)cc1. The van der Waals surface area contributed by atoms with Crippen LogP contribution in [0.4, 0.5) is 0 Å². The van der Waals surface area contributed by atoms with Gasteiger partial charge in [-0.15, -0.1) is 35.3 Å². The van der Waals surface area contributed by atoms with Gasteiger partial charge in [-0.25, -0.2) is 13.7 Å². The fourth-order valence-electron chi connectivity index (χ4n) is 5.46. The first-order valence-corrected chi connectivity index (χ1v) is 21.0. The minimum atomic E-state index is 0.508. The summed E-state index contributed by atoms with van der Waals surface area (Å²) in [4.78, 5) is 18.5. The first kappa shape index (κ1) is 36.7. The molecule has 54 heavy (non-hydrogen) atoms. The largest absolute Gasteiger partial charge is 0.449 e. The fourth-order valence-corrected chi connectivity index (χ4v) is 6.68. The monoisotopic (exact) mass is 759 g/mol. The maximum atomic E-state index is 4.91. The van der Waals surface area contributed by atoms with Crippen LogP contribution in [0.2, 0.25) is 0 Å². The lowest BCUT2D eigenvalue weighted by molar-refractivity contribution is -0.629. The average Bonchev–Trinajstić information content (AvgIpc) is 3.25. The maximum absolute atomic E-state index is 4.91. The summed E-state index contributed by atoms with van der Waals surface area (Å²) in [7, 11) is 0. The number of thioether (sulfide) groups is 3. The molecule has 4 aromatic heterocycles. The first-order chi connectivity index (χ1) is 26.5. The smallest absolute Gasteiger partial charge is 0.206 e. The Morgan fingerprint density at radius 2 is 0.519 bits per heavy atom. The highest BCUT2D eigenvalue weighted by molar-refractivity contribution is 7.99.